The van der Waals surface area contributed by atoms with Gasteiger partial charge in [0, 0.05) is 0 Å². The molecule has 0 aliphatic carbocycles. The maximum Gasteiger partial charge on any atom is 0.241 e. The van der Waals surface area contributed by atoms with E-state index in [4.69, 9.17) is 0 Å². The summed E-state index contributed by atoms with van der Waals surface area (Å²) < 4.78 is 2.36. The van der Waals surface area contributed by atoms with E-state index in [0.29, 0.717) is 6.04 Å². The molecule has 3 heteroatoms. The molecule has 0 fully saturated rings. The predicted molar refractivity (Wildman–Crippen MR) is 86.8 cm³/mol. The molecular formula is C18H35IN2. The third-order valence-electron chi connectivity index (χ3n) is 4.25. The van der Waals surface area contributed by atoms with Crippen LogP contribution in [-0.4, -0.2) is 4.98 Å². The molecule has 0 aromatic carbocycles. The highest BCUT2D eigenvalue weighted by molar-refractivity contribution is 4.60. The van der Waals surface area contributed by atoms with Crippen molar-refractivity contribution in [3.8, 4) is 0 Å². The molecule has 0 radical (unpaired) electrons. The normalized spacial score (nSPS) is 12.1. The molecule has 124 valence electrons. The van der Waals surface area contributed by atoms with Gasteiger partial charge in [-0.15, -0.1) is 0 Å². The molecule has 1 aromatic heterocycles. The van der Waals surface area contributed by atoms with Crippen molar-refractivity contribution in [1.29, 1.82) is 0 Å². The van der Waals surface area contributed by atoms with Crippen molar-refractivity contribution < 1.29 is 28.5 Å². The molecule has 21 heavy (non-hydrogen) atoms. The Labute approximate surface area is 149 Å². The fourth-order valence-electron chi connectivity index (χ4n) is 2.99. The Hall–Kier alpha value is -0.0600. The zero-order chi connectivity index (χ0) is 14.5. The molecule has 0 spiro atoms. The highest BCUT2D eigenvalue weighted by Crippen LogP contribution is 2.17. The zero-order valence-corrected chi connectivity index (χ0v) is 16.3. The fourth-order valence-corrected chi connectivity index (χ4v) is 2.99. The van der Waals surface area contributed by atoms with E-state index in [1.54, 1.807) is 0 Å². The maximum absolute atomic E-state index is 3.17. The van der Waals surface area contributed by atoms with E-state index in [2.05, 4.69) is 35.9 Å². The van der Waals surface area contributed by atoms with Crippen molar-refractivity contribution in [3.05, 3.63) is 18.7 Å². The number of nitrogens with zero attached hydrogens (tertiary/aromatic N) is 1. The van der Waals surface area contributed by atoms with Gasteiger partial charge in [-0.3, -0.25) is 4.98 Å². The second-order valence-electron chi connectivity index (χ2n) is 6.12. The van der Waals surface area contributed by atoms with Crippen LogP contribution in [0.3, 0.4) is 0 Å². The van der Waals surface area contributed by atoms with Gasteiger partial charge in [-0.1, -0.05) is 71.6 Å². The number of halogens is 1. The van der Waals surface area contributed by atoms with Crippen LogP contribution in [0.5, 0.6) is 0 Å². The highest BCUT2D eigenvalue weighted by Gasteiger charge is 2.13. The van der Waals surface area contributed by atoms with Gasteiger partial charge in [0.2, 0.25) is 6.33 Å². The van der Waals surface area contributed by atoms with Crippen molar-refractivity contribution in [1.82, 2.24) is 4.98 Å². The summed E-state index contributed by atoms with van der Waals surface area (Å²) in [5, 5.41) is 0. The Balaban J connectivity index is 0.00000400. The van der Waals surface area contributed by atoms with E-state index in [1.807, 2.05) is 6.20 Å². The Morgan fingerprint density at radius 3 is 1.95 bits per heavy atom. The number of aromatic nitrogens is 2. The molecule has 0 aliphatic heterocycles. The third-order valence-corrected chi connectivity index (χ3v) is 4.25. The van der Waals surface area contributed by atoms with E-state index in [1.165, 1.54) is 77.0 Å². The van der Waals surface area contributed by atoms with E-state index in [9.17, 15) is 0 Å². The number of aromatic amines is 1. The van der Waals surface area contributed by atoms with Gasteiger partial charge >= 0.3 is 0 Å². The summed E-state index contributed by atoms with van der Waals surface area (Å²) in [6.45, 7) is 4.58. The van der Waals surface area contributed by atoms with Crippen molar-refractivity contribution in [2.75, 3.05) is 0 Å². The smallest absolute Gasteiger partial charge is 0.241 e. The van der Waals surface area contributed by atoms with Gasteiger partial charge in [-0.05, 0) is 19.3 Å². The van der Waals surface area contributed by atoms with Crippen LogP contribution >= 0.6 is 0 Å². The summed E-state index contributed by atoms with van der Waals surface area (Å²) in [5.74, 6) is 0. The van der Waals surface area contributed by atoms with Crippen molar-refractivity contribution in [3.63, 3.8) is 0 Å². The van der Waals surface area contributed by atoms with Gasteiger partial charge in [-0.25, -0.2) is 4.57 Å². The van der Waals surface area contributed by atoms with Crippen molar-refractivity contribution in [2.24, 2.45) is 0 Å². The molecule has 1 atom stereocenters. The summed E-state index contributed by atoms with van der Waals surface area (Å²) in [7, 11) is 0. The average Bonchev–Trinajstić information content (AvgIpc) is 2.98. The molecule has 1 heterocycles. The molecule has 0 bridgehead atoms. The molecule has 1 aromatic rings. The Morgan fingerprint density at radius 1 is 0.810 bits per heavy atom. The molecule has 1 rings (SSSR count). The molecule has 1 unspecified atom stereocenters. The highest BCUT2D eigenvalue weighted by atomic mass is 127. The average molecular weight is 406 g/mol. The first-order valence-corrected chi connectivity index (χ1v) is 8.92. The SMILES string of the molecule is CCCCCCCCCCCC(CCC)[n+]1cc[nH]c1.[I-]. The first-order valence-electron chi connectivity index (χ1n) is 8.92. The van der Waals surface area contributed by atoms with Crippen LogP contribution in [0.25, 0.3) is 0 Å². The summed E-state index contributed by atoms with van der Waals surface area (Å²) in [6.07, 6.45) is 23.0. The summed E-state index contributed by atoms with van der Waals surface area (Å²) in [5.41, 5.74) is 0. The fraction of sp³-hybridized carbons (Fsp3) is 0.833. The molecule has 2 nitrogen and oxygen atoms in total. The molecule has 0 saturated carbocycles. The van der Waals surface area contributed by atoms with Crippen LogP contribution in [0.2, 0.25) is 0 Å². The number of hydrogen-bond acceptors (Lipinski definition) is 0. The van der Waals surface area contributed by atoms with E-state index >= 15 is 0 Å². The lowest BCUT2D eigenvalue weighted by Gasteiger charge is -2.12. The topological polar surface area (TPSA) is 19.7 Å². The van der Waals surface area contributed by atoms with Crippen LogP contribution in [-0.2, 0) is 0 Å². The Bertz CT molecular complexity index is 298. The second kappa shape index (κ2) is 14.9. The lowest BCUT2D eigenvalue weighted by molar-refractivity contribution is -0.723. The van der Waals surface area contributed by atoms with Crippen molar-refractivity contribution >= 4 is 0 Å². The molecule has 0 saturated heterocycles. The Kier molecular flexibility index (Phi) is 14.8. The molecule has 1 N–H and O–H groups in total. The summed E-state index contributed by atoms with van der Waals surface area (Å²) >= 11 is 0. The third kappa shape index (κ3) is 10.3. The van der Waals surface area contributed by atoms with E-state index in [0.717, 1.165) is 0 Å². The predicted octanol–water partition coefficient (Wildman–Crippen LogP) is 2.57. The minimum absolute atomic E-state index is 0. The first kappa shape index (κ1) is 20.9. The van der Waals surface area contributed by atoms with E-state index in [-0.39, 0.29) is 24.0 Å². The molecule has 0 aliphatic rings. The standard InChI is InChI=1S/C18H34N2.HI/c1-3-5-6-7-8-9-10-11-12-14-18(13-4-2)20-16-15-19-17-20;/h15-18H,3-14H2,1-2H3;1H. The lowest BCUT2D eigenvalue weighted by Crippen LogP contribution is -3.00. The van der Waals surface area contributed by atoms with Gasteiger partial charge in [0.05, 0.1) is 0 Å². The number of H-pyrrole nitrogens is 1. The maximum atomic E-state index is 3.17. The number of imidazole rings is 1. The van der Waals surface area contributed by atoms with Crippen LogP contribution in [0.1, 0.15) is 96.9 Å². The number of nitrogens with one attached hydrogen (secondary N) is 1. The lowest BCUT2D eigenvalue weighted by atomic mass is 10.0. The van der Waals surface area contributed by atoms with Gasteiger partial charge in [0.1, 0.15) is 18.4 Å². The second-order valence-corrected chi connectivity index (χ2v) is 6.12. The van der Waals surface area contributed by atoms with E-state index < -0.39 is 0 Å². The van der Waals surface area contributed by atoms with Gasteiger partial charge < -0.3 is 24.0 Å². The largest absolute Gasteiger partial charge is 1.00 e. The molecule has 0 amide bonds. The summed E-state index contributed by atoms with van der Waals surface area (Å²) in [6, 6.07) is 0.704. The Morgan fingerprint density at radius 2 is 1.43 bits per heavy atom. The van der Waals surface area contributed by atoms with Gasteiger partial charge in [-0.2, -0.15) is 0 Å². The first-order chi connectivity index (χ1) is 9.88. The monoisotopic (exact) mass is 406 g/mol. The van der Waals surface area contributed by atoms with Crippen LogP contribution < -0.4 is 28.5 Å². The molecular weight excluding hydrogens is 371 g/mol. The van der Waals surface area contributed by atoms with Gasteiger partial charge in [0.15, 0.2) is 0 Å². The van der Waals surface area contributed by atoms with Crippen LogP contribution in [0.4, 0.5) is 0 Å². The number of hydrogen-bond donors (Lipinski definition) is 1. The minimum atomic E-state index is 0. The number of rotatable bonds is 13. The zero-order valence-electron chi connectivity index (χ0n) is 14.1. The van der Waals surface area contributed by atoms with Crippen molar-refractivity contribution in [2.45, 2.75) is 96.9 Å². The minimum Gasteiger partial charge on any atom is -1.00 e. The number of unbranched alkanes of at least 4 members (excludes halogenated alkanes) is 8. The van der Waals surface area contributed by atoms with Crippen LogP contribution in [0.15, 0.2) is 18.7 Å². The van der Waals surface area contributed by atoms with Crippen LogP contribution in [0, 0.1) is 0 Å². The quantitative estimate of drug-likeness (QED) is 0.295. The van der Waals surface area contributed by atoms with Gasteiger partial charge in [0.25, 0.3) is 0 Å². The summed E-state index contributed by atoms with van der Waals surface area (Å²) in [4.78, 5) is 3.17.